The highest BCUT2D eigenvalue weighted by atomic mass is 16.5. The number of hydrogen-bond donors (Lipinski definition) is 1. The van der Waals surface area contributed by atoms with Gasteiger partial charge < -0.3 is 4.74 Å². The molecule has 2 aromatic rings. The molecule has 0 atom stereocenters. The highest BCUT2D eigenvalue weighted by Gasteiger charge is 2.36. The van der Waals surface area contributed by atoms with Gasteiger partial charge >= 0.3 is 6.03 Å². The predicted octanol–water partition coefficient (Wildman–Crippen LogP) is 4.10. The molecule has 0 bridgehead atoms. The summed E-state index contributed by atoms with van der Waals surface area (Å²) < 4.78 is 5.62. The molecule has 0 spiro atoms. The van der Waals surface area contributed by atoms with E-state index >= 15 is 0 Å². The summed E-state index contributed by atoms with van der Waals surface area (Å²) in [6.07, 6.45) is 3.83. The van der Waals surface area contributed by atoms with E-state index in [2.05, 4.69) is 11.9 Å². The van der Waals surface area contributed by atoms with Gasteiger partial charge in [0.1, 0.15) is 11.3 Å². The van der Waals surface area contributed by atoms with Gasteiger partial charge in [-0.15, -0.1) is 6.58 Å². The maximum absolute atomic E-state index is 13.1. The number of rotatable bonds is 6. The zero-order chi connectivity index (χ0) is 21.8. The molecule has 4 amide bonds. The maximum Gasteiger partial charge on any atom is 0.335 e. The Kier molecular flexibility index (Phi) is 6.16. The quantitative estimate of drug-likeness (QED) is 0.447. The number of hydrogen-bond acceptors (Lipinski definition) is 4. The van der Waals surface area contributed by atoms with Gasteiger partial charge in [-0.3, -0.25) is 14.9 Å². The molecule has 30 heavy (non-hydrogen) atoms. The van der Waals surface area contributed by atoms with Crippen LogP contribution in [-0.4, -0.2) is 24.5 Å². The third kappa shape index (κ3) is 4.17. The van der Waals surface area contributed by atoms with Crippen molar-refractivity contribution in [2.45, 2.75) is 27.2 Å². The minimum atomic E-state index is -0.760. The summed E-state index contributed by atoms with van der Waals surface area (Å²) in [5.41, 5.74) is 3.84. The van der Waals surface area contributed by atoms with Crippen molar-refractivity contribution in [3.63, 3.8) is 0 Å². The number of barbiturate groups is 1. The summed E-state index contributed by atoms with van der Waals surface area (Å²) in [6.45, 7) is 10.0. The molecule has 1 aliphatic heterocycles. The average molecular weight is 404 g/mol. The molecule has 0 saturated carbocycles. The number of benzene rings is 2. The van der Waals surface area contributed by atoms with Crippen molar-refractivity contribution < 1.29 is 19.1 Å². The Labute approximate surface area is 175 Å². The number of urea groups is 1. The number of carbonyl (C=O) groups is 3. The molecule has 0 aliphatic carbocycles. The Morgan fingerprint density at radius 3 is 2.50 bits per heavy atom. The van der Waals surface area contributed by atoms with E-state index in [1.165, 1.54) is 6.08 Å². The molecule has 0 aromatic heterocycles. The summed E-state index contributed by atoms with van der Waals surface area (Å²) >= 11 is 0. The van der Waals surface area contributed by atoms with Crippen LogP contribution in [0.2, 0.25) is 0 Å². The van der Waals surface area contributed by atoms with Crippen LogP contribution in [0.4, 0.5) is 10.5 Å². The van der Waals surface area contributed by atoms with Crippen molar-refractivity contribution >= 4 is 29.6 Å². The van der Waals surface area contributed by atoms with Crippen molar-refractivity contribution in [3.8, 4) is 5.75 Å². The van der Waals surface area contributed by atoms with E-state index in [9.17, 15) is 14.4 Å². The number of carbonyl (C=O) groups excluding carboxylic acids is 3. The summed E-state index contributed by atoms with van der Waals surface area (Å²) in [4.78, 5) is 38.8. The third-order valence-corrected chi connectivity index (χ3v) is 4.91. The van der Waals surface area contributed by atoms with Gasteiger partial charge in [-0.25, -0.2) is 9.69 Å². The Bertz CT molecular complexity index is 1070. The number of aryl methyl sites for hydroxylation is 2. The Hall–Kier alpha value is -3.67. The fraction of sp³-hybridized carbons (Fsp3) is 0.208. The van der Waals surface area contributed by atoms with Crippen LogP contribution >= 0.6 is 0 Å². The van der Waals surface area contributed by atoms with Gasteiger partial charge in [-0.05, 0) is 79.8 Å². The number of ether oxygens (including phenoxy) is 1. The summed E-state index contributed by atoms with van der Waals surface area (Å²) in [7, 11) is 0. The first-order chi connectivity index (χ1) is 14.3. The number of nitrogens with one attached hydrogen (secondary N) is 1. The molecular weight excluding hydrogens is 380 g/mol. The van der Waals surface area contributed by atoms with Crippen LogP contribution in [0.15, 0.2) is 54.6 Å². The first kappa shape index (κ1) is 21.0. The minimum absolute atomic E-state index is 0.110. The van der Waals surface area contributed by atoms with Crippen LogP contribution in [-0.2, 0) is 16.0 Å². The lowest BCUT2D eigenvalue weighted by atomic mass is 10.0. The second-order valence-electron chi connectivity index (χ2n) is 7.02. The lowest BCUT2D eigenvalue weighted by Crippen LogP contribution is -2.54. The van der Waals surface area contributed by atoms with Gasteiger partial charge in [0, 0.05) is 0 Å². The van der Waals surface area contributed by atoms with Crippen molar-refractivity contribution in [1.29, 1.82) is 0 Å². The van der Waals surface area contributed by atoms with Crippen LogP contribution < -0.4 is 15.0 Å². The topological polar surface area (TPSA) is 75.7 Å². The van der Waals surface area contributed by atoms with E-state index in [-0.39, 0.29) is 5.57 Å². The zero-order valence-electron chi connectivity index (χ0n) is 17.3. The van der Waals surface area contributed by atoms with Crippen molar-refractivity contribution in [2.24, 2.45) is 0 Å². The molecule has 0 radical (unpaired) electrons. The molecule has 2 aromatic carbocycles. The molecule has 6 heteroatoms. The first-order valence-electron chi connectivity index (χ1n) is 9.71. The zero-order valence-corrected chi connectivity index (χ0v) is 17.3. The minimum Gasteiger partial charge on any atom is -0.494 e. The molecule has 3 rings (SSSR count). The Balaban J connectivity index is 2.01. The second kappa shape index (κ2) is 8.78. The lowest BCUT2D eigenvalue weighted by molar-refractivity contribution is -0.122. The highest BCUT2D eigenvalue weighted by Crippen LogP contribution is 2.26. The van der Waals surface area contributed by atoms with Crippen molar-refractivity contribution in [1.82, 2.24) is 5.32 Å². The van der Waals surface area contributed by atoms with Gasteiger partial charge in [0.05, 0.1) is 12.3 Å². The van der Waals surface area contributed by atoms with Gasteiger partial charge in [-0.1, -0.05) is 18.2 Å². The van der Waals surface area contributed by atoms with Crippen LogP contribution in [0.5, 0.6) is 5.75 Å². The molecule has 1 aliphatic rings. The average Bonchev–Trinajstić information content (AvgIpc) is 2.70. The fourth-order valence-corrected chi connectivity index (χ4v) is 3.22. The normalized spacial score (nSPS) is 15.4. The predicted molar refractivity (Wildman–Crippen MR) is 116 cm³/mol. The number of nitrogens with zero attached hydrogens (tertiary/aromatic N) is 1. The van der Waals surface area contributed by atoms with E-state index in [1.54, 1.807) is 30.3 Å². The second-order valence-corrected chi connectivity index (χ2v) is 7.02. The molecule has 0 unspecified atom stereocenters. The van der Waals surface area contributed by atoms with Crippen LogP contribution in [0.3, 0.4) is 0 Å². The van der Waals surface area contributed by atoms with Gasteiger partial charge in [0.15, 0.2) is 0 Å². The summed E-state index contributed by atoms with van der Waals surface area (Å²) in [6, 6.07) is 9.92. The van der Waals surface area contributed by atoms with E-state index in [4.69, 9.17) is 4.74 Å². The molecule has 6 nitrogen and oxygen atoms in total. The molecule has 154 valence electrons. The van der Waals surface area contributed by atoms with Gasteiger partial charge in [0.2, 0.25) is 0 Å². The van der Waals surface area contributed by atoms with Crippen molar-refractivity contribution in [2.75, 3.05) is 11.5 Å². The summed E-state index contributed by atoms with van der Waals surface area (Å²) in [5.74, 6) is -0.652. The van der Waals surface area contributed by atoms with Crippen LogP contribution in [0.25, 0.3) is 6.08 Å². The van der Waals surface area contributed by atoms with Gasteiger partial charge in [-0.2, -0.15) is 0 Å². The molecular formula is C24H24N2O4. The monoisotopic (exact) mass is 404 g/mol. The number of amides is 4. The van der Waals surface area contributed by atoms with Gasteiger partial charge in [0.25, 0.3) is 11.8 Å². The maximum atomic E-state index is 13.1. The molecule has 1 fully saturated rings. The van der Waals surface area contributed by atoms with Crippen LogP contribution in [0, 0.1) is 13.8 Å². The SMILES string of the molecule is C=CCc1cc(/C=C2\C(=O)NC(=O)N(c3ccc(C)c(C)c3)C2=O)ccc1OCC. The van der Waals surface area contributed by atoms with Crippen molar-refractivity contribution in [3.05, 3.63) is 76.9 Å². The largest absolute Gasteiger partial charge is 0.494 e. The summed E-state index contributed by atoms with van der Waals surface area (Å²) in [5, 5.41) is 2.25. The van der Waals surface area contributed by atoms with E-state index in [0.29, 0.717) is 24.3 Å². The Morgan fingerprint density at radius 1 is 1.07 bits per heavy atom. The lowest BCUT2D eigenvalue weighted by Gasteiger charge is -2.27. The number of allylic oxidation sites excluding steroid dienone is 1. The number of anilines is 1. The highest BCUT2D eigenvalue weighted by molar-refractivity contribution is 6.39. The molecule has 1 saturated heterocycles. The fourth-order valence-electron chi connectivity index (χ4n) is 3.22. The third-order valence-electron chi connectivity index (χ3n) is 4.91. The smallest absolute Gasteiger partial charge is 0.335 e. The number of imide groups is 2. The first-order valence-corrected chi connectivity index (χ1v) is 9.71. The molecule has 1 heterocycles. The van der Waals surface area contributed by atoms with Crippen LogP contribution in [0.1, 0.15) is 29.2 Å². The van der Waals surface area contributed by atoms with E-state index < -0.39 is 17.8 Å². The van der Waals surface area contributed by atoms with E-state index in [0.717, 1.165) is 27.3 Å². The van der Waals surface area contributed by atoms with E-state index in [1.807, 2.05) is 32.9 Å². The Morgan fingerprint density at radius 2 is 1.83 bits per heavy atom. The standard InChI is InChI=1S/C24H24N2O4/c1-5-7-18-13-17(9-11-21(18)30-6-2)14-20-22(27)25-24(29)26(23(20)28)19-10-8-15(3)16(4)12-19/h5,8-14H,1,6-7H2,2-4H3,(H,25,27,29)/b20-14+. The molecule has 1 N–H and O–H groups in total.